The van der Waals surface area contributed by atoms with Crippen molar-refractivity contribution in [3.05, 3.63) is 41.4 Å². The maximum Gasteiger partial charge on any atom is 0.123 e. The lowest BCUT2D eigenvalue weighted by atomic mass is 9.76. The topological polar surface area (TPSA) is 42.1 Å². The molecule has 0 unspecified atom stereocenters. The number of nitrogens with two attached hydrogens (primary N) is 1. The summed E-state index contributed by atoms with van der Waals surface area (Å²) in [4.78, 5) is 7.27. The normalized spacial score (nSPS) is 19.1. The Labute approximate surface area is 124 Å². The van der Waals surface area contributed by atoms with Gasteiger partial charge in [-0.25, -0.2) is 4.98 Å². The maximum absolute atomic E-state index is 6.11. The molecular weight excluding hydrogens is 266 g/mol. The molecule has 1 fully saturated rings. The van der Waals surface area contributed by atoms with Gasteiger partial charge in [-0.2, -0.15) is 0 Å². The van der Waals surface area contributed by atoms with Crippen molar-refractivity contribution in [3.63, 3.8) is 0 Å². The van der Waals surface area contributed by atoms with Crippen LogP contribution in [0.15, 0.2) is 35.7 Å². The van der Waals surface area contributed by atoms with Crippen LogP contribution in [-0.4, -0.2) is 36.6 Å². The fraction of sp³-hybridized carbons (Fsp3) is 0.438. The molecule has 1 aromatic heterocycles. The van der Waals surface area contributed by atoms with Gasteiger partial charge in [-0.3, -0.25) is 0 Å². The Morgan fingerprint density at radius 2 is 1.95 bits per heavy atom. The second-order valence-corrected chi connectivity index (χ2v) is 6.55. The Balaban J connectivity index is 1.89. The minimum absolute atomic E-state index is 0.0794. The molecule has 0 bridgehead atoms. The van der Waals surface area contributed by atoms with Gasteiger partial charge in [0.15, 0.2) is 0 Å². The second-order valence-electron chi connectivity index (χ2n) is 5.69. The van der Waals surface area contributed by atoms with Gasteiger partial charge in [0.2, 0.25) is 0 Å². The zero-order chi connectivity index (χ0) is 14.0. The average Bonchev–Trinajstić information content (AvgIpc) is 3.00. The van der Waals surface area contributed by atoms with Gasteiger partial charge in [0, 0.05) is 22.9 Å². The number of thiazole rings is 1. The number of nitrogens with zero attached hydrogens (tertiary/aromatic N) is 2. The van der Waals surface area contributed by atoms with Gasteiger partial charge in [0.25, 0.3) is 0 Å². The van der Waals surface area contributed by atoms with Gasteiger partial charge < -0.3 is 10.6 Å². The summed E-state index contributed by atoms with van der Waals surface area (Å²) in [6.07, 6.45) is 2.22. The Kier molecular flexibility index (Phi) is 3.87. The highest BCUT2D eigenvalue weighted by Gasteiger charge is 2.36. The quantitative estimate of drug-likeness (QED) is 0.944. The van der Waals surface area contributed by atoms with E-state index >= 15 is 0 Å². The molecule has 2 heterocycles. The third-order valence-corrected chi connectivity index (χ3v) is 5.29. The van der Waals surface area contributed by atoms with Crippen LogP contribution in [0, 0.1) is 0 Å². The first kappa shape index (κ1) is 13.7. The highest BCUT2D eigenvalue weighted by molar-refractivity contribution is 7.13. The summed E-state index contributed by atoms with van der Waals surface area (Å²) >= 11 is 1.73. The summed E-state index contributed by atoms with van der Waals surface area (Å²) in [6, 6.07) is 10.4. The van der Waals surface area contributed by atoms with E-state index < -0.39 is 0 Å². The van der Waals surface area contributed by atoms with Crippen molar-refractivity contribution >= 4 is 11.3 Å². The van der Waals surface area contributed by atoms with Crippen molar-refractivity contribution in [2.75, 3.05) is 26.7 Å². The molecule has 4 heteroatoms. The molecule has 3 rings (SSSR count). The number of aromatic nitrogens is 1. The molecule has 1 aliphatic heterocycles. The van der Waals surface area contributed by atoms with Crippen molar-refractivity contribution < 1.29 is 0 Å². The monoisotopic (exact) mass is 287 g/mol. The number of hydrogen-bond donors (Lipinski definition) is 1. The standard InChI is InChI=1S/C16H21N3S/c1-19-9-7-16(12-17,8-10-19)14-11-20-15(18-14)13-5-3-2-4-6-13/h2-6,11H,7-10,12,17H2,1H3. The SMILES string of the molecule is CN1CCC(CN)(c2csc(-c3ccccc3)n2)CC1. The Bertz CT molecular complexity index is 556. The first-order valence-electron chi connectivity index (χ1n) is 7.13. The first-order valence-corrected chi connectivity index (χ1v) is 8.01. The van der Waals surface area contributed by atoms with E-state index in [4.69, 9.17) is 10.7 Å². The van der Waals surface area contributed by atoms with Crippen molar-refractivity contribution in [1.29, 1.82) is 0 Å². The van der Waals surface area contributed by atoms with Crippen LogP contribution < -0.4 is 5.73 Å². The number of benzene rings is 1. The van der Waals surface area contributed by atoms with Crippen LogP contribution in [0.3, 0.4) is 0 Å². The number of rotatable bonds is 3. The molecule has 2 N–H and O–H groups in total. The van der Waals surface area contributed by atoms with E-state index in [1.807, 2.05) is 6.07 Å². The molecule has 20 heavy (non-hydrogen) atoms. The molecule has 2 aromatic rings. The van der Waals surface area contributed by atoms with Crippen LogP contribution in [0.2, 0.25) is 0 Å². The smallest absolute Gasteiger partial charge is 0.123 e. The van der Waals surface area contributed by atoms with E-state index in [9.17, 15) is 0 Å². The van der Waals surface area contributed by atoms with Crippen molar-refractivity contribution in [2.45, 2.75) is 18.3 Å². The lowest BCUT2D eigenvalue weighted by Crippen LogP contribution is -2.45. The number of hydrogen-bond acceptors (Lipinski definition) is 4. The zero-order valence-corrected chi connectivity index (χ0v) is 12.7. The predicted molar refractivity (Wildman–Crippen MR) is 85.0 cm³/mol. The second kappa shape index (κ2) is 5.64. The Morgan fingerprint density at radius 3 is 2.60 bits per heavy atom. The lowest BCUT2D eigenvalue weighted by Gasteiger charge is -2.38. The first-order chi connectivity index (χ1) is 9.73. The molecule has 1 aromatic carbocycles. The van der Waals surface area contributed by atoms with Crippen LogP contribution in [0.4, 0.5) is 0 Å². The fourth-order valence-corrected chi connectivity index (χ4v) is 3.79. The molecule has 0 amide bonds. The van der Waals surface area contributed by atoms with Crippen LogP contribution in [-0.2, 0) is 5.41 Å². The van der Waals surface area contributed by atoms with E-state index in [2.05, 4.69) is 41.6 Å². The average molecular weight is 287 g/mol. The van der Waals surface area contributed by atoms with Gasteiger partial charge >= 0.3 is 0 Å². The summed E-state index contributed by atoms with van der Waals surface area (Å²) in [7, 11) is 2.18. The Hall–Kier alpha value is -1.23. The van der Waals surface area contributed by atoms with Crippen LogP contribution in [0.25, 0.3) is 10.6 Å². The third kappa shape index (κ3) is 2.51. The number of likely N-dealkylation sites (tertiary alicyclic amines) is 1. The summed E-state index contributed by atoms with van der Waals surface area (Å²) in [5, 5.41) is 3.31. The van der Waals surface area contributed by atoms with E-state index in [1.165, 1.54) is 11.3 Å². The van der Waals surface area contributed by atoms with E-state index in [-0.39, 0.29) is 5.41 Å². The molecule has 0 aliphatic carbocycles. The third-order valence-electron chi connectivity index (χ3n) is 4.40. The van der Waals surface area contributed by atoms with Crippen LogP contribution >= 0.6 is 11.3 Å². The number of piperidine rings is 1. The van der Waals surface area contributed by atoms with E-state index in [1.54, 1.807) is 11.3 Å². The molecule has 0 spiro atoms. The van der Waals surface area contributed by atoms with Gasteiger partial charge in [-0.05, 0) is 33.0 Å². The lowest BCUT2D eigenvalue weighted by molar-refractivity contribution is 0.189. The molecule has 106 valence electrons. The van der Waals surface area contributed by atoms with E-state index in [0.29, 0.717) is 6.54 Å². The molecule has 0 atom stereocenters. The summed E-state index contributed by atoms with van der Waals surface area (Å²) in [6.45, 7) is 2.91. The molecular formula is C16H21N3S. The molecule has 0 saturated carbocycles. The highest BCUT2D eigenvalue weighted by Crippen LogP contribution is 2.36. The summed E-state index contributed by atoms with van der Waals surface area (Å²) in [5.41, 5.74) is 8.58. The largest absolute Gasteiger partial charge is 0.330 e. The van der Waals surface area contributed by atoms with Gasteiger partial charge in [0.1, 0.15) is 5.01 Å². The maximum atomic E-state index is 6.11. The van der Waals surface area contributed by atoms with Crippen molar-refractivity contribution in [2.24, 2.45) is 5.73 Å². The molecule has 1 saturated heterocycles. The Morgan fingerprint density at radius 1 is 1.25 bits per heavy atom. The van der Waals surface area contributed by atoms with Crippen LogP contribution in [0.5, 0.6) is 0 Å². The van der Waals surface area contributed by atoms with Gasteiger partial charge in [-0.15, -0.1) is 11.3 Å². The van der Waals surface area contributed by atoms with Crippen molar-refractivity contribution in [3.8, 4) is 10.6 Å². The van der Waals surface area contributed by atoms with E-state index in [0.717, 1.165) is 30.9 Å². The van der Waals surface area contributed by atoms with Crippen LogP contribution in [0.1, 0.15) is 18.5 Å². The molecule has 3 nitrogen and oxygen atoms in total. The zero-order valence-electron chi connectivity index (χ0n) is 11.9. The minimum Gasteiger partial charge on any atom is -0.330 e. The van der Waals surface area contributed by atoms with Crippen molar-refractivity contribution in [1.82, 2.24) is 9.88 Å². The van der Waals surface area contributed by atoms with Gasteiger partial charge in [0.05, 0.1) is 5.69 Å². The summed E-state index contributed by atoms with van der Waals surface area (Å²) < 4.78 is 0. The molecule has 1 aliphatic rings. The molecule has 0 radical (unpaired) electrons. The predicted octanol–water partition coefficient (Wildman–Crippen LogP) is 2.73. The highest BCUT2D eigenvalue weighted by atomic mass is 32.1. The summed E-state index contributed by atoms with van der Waals surface area (Å²) in [5.74, 6) is 0. The minimum atomic E-state index is 0.0794. The fourth-order valence-electron chi connectivity index (χ4n) is 2.84. The van der Waals surface area contributed by atoms with Gasteiger partial charge in [-0.1, -0.05) is 30.3 Å².